The summed E-state index contributed by atoms with van der Waals surface area (Å²) in [5.74, 6) is 0. The highest BCUT2D eigenvalue weighted by molar-refractivity contribution is 14.1. The number of pyridine rings is 1. The maximum Gasteiger partial charge on any atom is 0.101 e. The summed E-state index contributed by atoms with van der Waals surface area (Å²) in [4.78, 5) is 6.27. The van der Waals surface area contributed by atoms with Gasteiger partial charge in [0.25, 0.3) is 0 Å². The molecule has 18 heavy (non-hydrogen) atoms. The van der Waals surface area contributed by atoms with Crippen molar-refractivity contribution in [3.05, 3.63) is 57.4 Å². The van der Waals surface area contributed by atoms with Crippen LogP contribution in [-0.4, -0.2) is 19.1 Å². The van der Waals surface area contributed by atoms with Crippen molar-refractivity contribution in [3.63, 3.8) is 0 Å². The number of anilines is 1. The van der Waals surface area contributed by atoms with Crippen molar-refractivity contribution in [2.24, 2.45) is 0 Å². The molecule has 0 radical (unpaired) electrons. The second-order valence-corrected chi connectivity index (χ2v) is 5.34. The molecule has 0 N–H and O–H groups in total. The molecule has 0 atom stereocenters. The lowest BCUT2D eigenvalue weighted by atomic mass is 10.1. The van der Waals surface area contributed by atoms with Gasteiger partial charge in [-0.15, -0.1) is 0 Å². The van der Waals surface area contributed by atoms with Gasteiger partial charge in [0.15, 0.2) is 0 Å². The molecule has 0 saturated carbocycles. The SMILES string of the molecule is CN(C)c1ccc(/C=C/c2ccnc(I)c2)cc1. The highest BCUT2D eigenvalue weighted by Gasteiger charge is 1.94. The first-order valence-electron chi connectivity index (χ1n) is 5.72. The number of rotatable bonds is 3. The van der Waals surface area contributed by atoms with E-state index in [9.17, 15) is 0 Å². The summed E-state index contributed by atoms with van der Waals surface area (Å²) < 4.78 is 1.01. The Morgan fingerprint density at radius 2 is 1.67 bits per heavy atom. The highest BCUT2D eigenvalue weighted by Crippen LogP contribution is 2.15. The van der Waals surface area contributed by atoms with Crippen molar-refractivity contribution in [1.82, 2.24) is 4.98 Å². The minimum absolute atomic E-state index is 1.01. The Kier molecular flexibility index (Phi) is 4.36. The van der Waals surface area contributed by atoms with Gasteiger partial charge in [-0.3, -0.25) is 4.98 Å². The van der Waals surface area contributed by atoms with E-state index in [-0.39, 0.29) is 0 Å². The predicted molar refractivity (Wildman–Crippen MR) is 86.7 cm³/mol. The van der Waals surface area contributed by atoms with E-state index in [0.29, 0.717) is 0 Å². The molecule has 1 heterocycles. The Balaban J connectivity index is 2.14. The summed E-state index contributed by atoms with van der Waals surface area (Å²) in [6, 6.07) is 12.6. The number of halogens is 1. The van der Waals surface area contributed by atoms with Crippen LogP contribution in [0.15, 0.2) is 42.6 Å². The van der Waals surface area contributed by atoms with Crippen molar-refractivity contribution in [1.29, 1.82) is 0 Å². The monoisotopic (exact) mass is 350 g/mol. The number of benzene rings is 1. The molecule has 0 fully saturated rings. The first-order chi connectivity index (χ1) is 8.65. The second-order valence-electron chi connectivity index (χ2n) is 4.23. The molecule has 0 bridgehead atoms. The topological polar surface area (TPSA) is 16.1 Å². The molecule has 0 aliphatic carbocycles. The standard InChI is InChI=1S/C15H15IN2/c1-18(2)14-7-5-12(6-8-14)3-4-13-9-10-17-15(16)11-13/h3-11H,1-2H3/b4-3+. The molecule has 0 amide bonds. The largest absolute Gasteiger partial charge is 0.378 e. The van der Waals surface area contributed by atoms with Gasteiger partial charge < -0.3 is 4.90 Å². The first kappa shape index (κ1) is 13.1. The third-order valence-electron chi connectivity index (χ3n) is 2.63. The van der Waals surface area contributed by atoms with Crippen molar-refractivity contribution in [2.45, 2.75) is 0 Å². The molecule has 2 aromatic rings. The lowest BCUT2D eigenvalue weighted by molar-refractivity contribution is 1.13. The van der Waals surface area contributed by atoms with Crippen LogP contribution in [0.2, 0.25) is 0 Å². The molecule has 92 valence electrons. The summed E-state index contributed by atoms with van der Waals surface area (Å²) >= 11 is 2.22. The van der Waals surface area contributed by atoms with Crippen molar-refractivity contribution >= 4 is 40.4 Å². The Labute approximate surface area is 121 Å². The average molecular weight is 350 g/mol. The Morgan fingerprint density at radius 1 is 1.00 bits per heavy atom. The first-order valence-corrected chi connectivity index (χ1v) is 6.80. The van der Waals surface area contributed by atoms with Gasteiger partial charge in [0, 0.05) is 26.0 Å². The van der Waals surface area contributed by atoms with Gasteiger partial charge in [0.1, 0.15) is 3.70 Å². The summed E-state index contributed by atoms with van der Waals surface area (Å²) in [5, 5.41) is 0. The van der Waals surface area contributed by atoms with Crippen molar-refractivity contribution in [2.75, 3.05) is 19.0 Å². The highest BCUT2D eigenvalue weighted by atomic mass is 127. The van der Waals surface area contributed by atoms with Crippen LogP contribution < -0.4 is 4.90 Å². The lowest BCUT2D eigenvalue weighted by Crippen LogP contribution is -2.07. The zero-order valence-corrected chi connectivity index (χ0v) is 12.6. The molecule has 3 heteroatoms. The van der Waals surface area contributed by atoms with E-state index in [1.54, 1.807) is 0 Å². The van der Waals surface area contributed by atoms with Crippen LogP contribution in [0.3, 0.4) is 0 Å². The minimum atomic E-state index is 1.01. The predicted octanol–water partition coefficient (Wildman–Crippen LogP) is 3.92. The summed E-state index contributed by atoms with van der Waals surface area (Å²) in [7, 11) is 4.09. The van der Waals surface area contributed by atoms with E-state index in [1.807, 2.05) is 26.4 Å². The Morgan fingerprint density at radius 3 is 2.28 bits per heavy atom. The minimum Gasteiger partial charge on any atom is -0.378 e. The van der Waals surface area contributed by atoms with Gasteiger partial charge in [-0.05, 0) is 58.0 Å². The molecule has 2 rings (SSSR count). The van der Waals surface area contributed by atoms with Gasteiger partial charge in [-0.1, -0.05) is 24.3 Å². The summed E-state index contributed by atoms with van der Waals surface area (Å²) in [6.07, 6.45) is 6.05. The third-order valence-corrected chi connectivity index (χ3v) is 3.22. The van der Waals surface area contributed by atoms with Gasteiger partial charge in [-0.25, -0.2) is 0 Å². The summed E-state index contributed by atoms with van der Waals surface area (Å²) in [5.41, 5.74) is 3.59. The van der Waals surface area contributed by atoms with Gasteiger partial charge in [0.2, 0.25) is 0 Å². The molecule has 0 aliphatic heterocycles. The normalized spacial score (nSPS) is 10.8. The van der Waals surface area contributed by atoms with Crippen LogP contribution in [0.1, 0.15) is 11.1 Å². The fourth-order valence-corrected chi connectivity index (χ4v) is 2.12. The van der Waals surface area contributed by atoms with Crippen LogP contribution >= 0.6 is 22.6 Å². The van der Waals surface area contributed by atoms with E-state index >= 15 is 0 Å². The molecule has 0 spiro atoms. The van der Waals surface area contributed by atoms with Crippen LogP contribution in [0, 0.1) is 3.70 Å². The van der Waals surface area contributed by atoms with E-state index < -0.39 is 0 Å². The number of hydrogen-bond acceptors (Lipinski definition) is 2. The molecule has 0 aliphatic rings. The molecular weight excluding hydrogens is 335 g/mol. The van der Waals surface area contributed by atoms with E-state index in [1.165, 1.54) is 16.8 Å². The lowest BCUT2D eigenvalue weighted by Gasteiger charge is -2.11. The van der Waals surface area contributed by atoms with Crippen LogP contribution in [0.4, 0.5) is 5.69 Å². The van der Waals surface area contributed by atoms with E-state index in [2.05, 4.69) is 75.0 Å². The molecule has 1 aromatic heterocycles. The second kappa shape index (κ2) is 6.00. The zero-order chi connectivity index (χ0) is 13.0. The zero-order valence-electron chi connectivity index (χ0n) is 10.5. The van der Waals surface area contributed by atoms with Crippen LogP contribution in [0.25, 0.3) is 12.2 Å². The van der Waals surface area contributed by atoms with Crippen LogP contribution in [0.5, 0.6) is 0 Å². The molecule has 2 nitrogen and oxygen atoms in total. The molecular formula is C15H15IN2. The van der Waals surface area contributed by atoms with Gasteiger partial charge >= 0.3 is 0 Å². The Hall–Kier alpha value is -1.36. The number of nitrogens with zero attached hydrogens (tertiary/aromatic N) is 2. The Bertz CT molecular complexity index is 545. The van der Waals surface area contributed by atoms with Gasteiger partial charge in [0.05, 0.1) is 0 Å². The fraction of sp³-hybridized carbons (Fsp3) is 0.133. The van der Waals surface area contributed by atoms with Crippen molar-refractivity contribution in [3.8, 4) is 0 Å². The fourth-order valence-electron chi connectivity index (χ4n) is 1.60. The number of hydrogen-bond donors (Lipinski definition) is 0. The summed E-state index contributed by atoms with van der Waals surface area (Å²) in [6.45, 7) is 0. The van der Waals surface area contributed by atoms with E-state index in [4.69, 9.17) is 0 Å². The quantitative estimate of drug-likeness (QED) is 0.616. The van der Waals surface area contributed by atoms with Gasteiger partial charge in [-0.2, -0.15) is 0 Å². The molecule has 0 unspecified atom stereocenters. The van der Waals surface area contributed by atoms with Crippen molar-refractivity contribution < 1.29 is 0 Å². The number of aromatic nitrogens is 1. The molecule has 0 saturated heterocycles. The third kappa shape index (κ3) is 3.57. The smallest absolute Gasteiger partial charge is 0.101 e. The maximum absolute atomic E-state index is 4.17. The maximum atomic E-state index is 4.17. The van der Waals surface area contributed by atoms with Crippen LogP contribution in [-0.2, 0) is 0 Å². The van der Waals surface area contributed by atoms with E-state index in [0.717, 1.165) is 3.70 Å². The molecule has 1 aromatic carbocycles. The average Bonchev–Trinajstić information content (AvgIpc) is 2.37.